The number of aryl methyl sites for hydroxylation is 1. The minimum atomic E-state index is -0.967. The van der Waals surface area contributed by atoms with Gasteiger partial charge in [-0.2, -0.15) is 0 Å². The summed E-state index contributed by atoms with van der Waals surface area (Å²) < 4.78 is 22.2. The number of hydrogen-bond donors (Lipinski definition) is 0. The fraction of sp³-hybridized carbons (Fsp3) is 0.371. The lowest BCUT2D eigenvalue weighted by Gasteiger charge is -2.40. The SMILES string of the molecule is COC(=O)[C@@H](OC(C)(C)C)c1c(C)c2c3c(cc(C)n3C[C@H](CCOC(=O)c3ccccc3)N2SC)c1-c1ccc(Cl)cc1. The van der Waals surface area contributed by atoms with Crippen LogP contribution in [0.2, 0.25) is 5.02 Å². The molecule has 2 atom stereocenters. The van der Waals surface area contributed by atoms with Gasteiger partial charge in [0.25, 0.3) is 0 Å². The lowest BCUT2D eigenvalue weighted by Crippen LogP contribution is -2.39. The second kappa shape index (κ2) is 12.9. The number of ether oxygens (including phenoxy) is 3. The molecule has 1 aliphatic rings. The number of esters is 2. The molecule has 0 aliphatic carbocycles. The van der Waals surface area contributed by atoms with Crippen LogP contribution in [0.1, 0.15) is 60.5 Å². The molecule has 44 heavy (non-hydrogen) atoms. The third-order valence-electron chi connectivity index (χ3n) is 7.94. The number of hydrogen-bond acceptors (Lipinski definition) is 7. The lowest BCUT2D eigenvalue weighted by atomic mass is 9.87. The quantitative estimate of drug-likeness (QED) is 0.135. The van der Waals surface area contributed by atoms with E-state index in [1.165, 1.54) is 7.11 Å². The molecule has 4 aromatic rings. The fourth-order valence-electron chi connectivity index (χ4n) is 6.07. The van der Waals surface area contributed by atoms with Crippen molar-refractivity contribution in [1.29, 1.82) is 0 Å². The lowest BCUT2D eigenvalue weighted by molar-refractivity contribution is -0.164. The molecule has 0 spiro atoms. The van der Waals surface area contributed by atoms with Crippen molar-refractivity contribution in [3.05, 3.63) is 88.1 Å². The highest BCUT2D eigenvalue weighted by molar-refractivity contribution is 8.00. The van der Waals surface area contributed by atoms with E-state index in [-0.39, 0.29) is 18.6 Å². The van der Waals surface area contributed by atoms with Crippen LogP contribution in [0, 0.1) is 13.8 Å². The van der Waals surface area contributed by atoms with Crippen LogP contribution in [0.25, 0.3) is 22.0 Å². The van der Waals surface area contributed by atoms with Crippen LogP contribution in [0.15, 0.2) is 60.7 Å². The minimum absolute atomic E-state index is 0.0309. The maximum atomic E-state index is 13.5. The maximum Gasteiger partial charge on any atom is 0.339 e. The number of nitrogens with zero attached hydrogens (tertiary/aromatic N) is 2. The number of halogens is 1. The second-order valence-electron chi connectivity index (χ2n) is 12.0. The molecule has 1 aliphatic heterocycles. The molecule has 0 saturated carbocycles. The Morgan fingerprint density at radius 2 is 1.75 bits per heavy atom. The maximum absolute atomic E-state index is 13.5. The number of anilines is 1. The summed E-state index contributed by atoms with van der Waals surface area (Å²) in [6.45, 7) is 11.0. The van der Waals surface area contributed by atoms with Crippen LogP contribution in [-0.4, -0.2) is 48.1 Å². The molecule has 5 rings (SSSR count). The molecular weight excluding hydrogens is 596 g/mol. The molecule has 0 radical (unpaired) electrons. The molecule has 2 heterocycles. The Hall–Kier alpha value is -3.46. The van der Waals surface area contributed by atoms with E-state index in [0.29, 0.717) is 17.0 Å². The monoisotopic (exact) mass is 634 g/mol. The summed E-state index contributed by atoms with van der Waals surface area (Å²) in [5.41, 5.74) is 6.70. The van der Waals surface area contributed by atoms with E-state index in [2.05, 4.69) is 35.0 Å². The van der Waals surface area contributed by atoms with Gasteiger partial charge >= 0.3 is 11.9 Å². The van der Waals surface area contributed by atoms with E-state index < -0.39 is 17.7 Å². The van der Waals surface area contributed by atoms with Crippen LogP contribution >= 0.6 is 23.5 Å². The third-order valence-corrected chi connectivity index (χ3v) is 9.07. The van der Waals surface area contributed by atoms with E-state index in [1.807, 2.05) is 63.2 Å². The first-order chi connectivity index (χ1) is 20.9. The van der Waals surface area contributed by atoms with Gasteiger partial charge in [-0.1, -0.05) is 53.9 Å². The number of aromatic nitrogens is 1. The van der Waals surface area contributed by atoms with Gasteiger partial charge in [-0.25, -0.2) is 9.59 Å². The van der Waals surface area contributed by atoms with Crippen molar-refractivity contribution in [3.63, 3.8) is 0 Å². The van der Waals surface area contributed by atoms with Crippen LogP contribution < -0.4 is 4.31 Å². The molecule has 0 amide bonds. The Morgan fingerprint density at radius 3 is 2.36 bits per heavy atom. The predicted octanol–water partition coefficient (Wildman–Crippen LogP) is 8.32. The van der Waals surface area contributed by atoms with E-state index in [1.54, 1.807) is 24.1 Å². The van der Waals surface area contributed by atoms with Crippen molar-refractivity contribution < 1.29 is 23.8 Å². The molecule has 0 unspecified atom stereocenters. The zero-order valence-electron chi connectivity index (χ0n) is 26.3. The first kappa shape index (κ1) is 31.9. The summed E-state index contributed by atoms with van der Waals surface area (Å²) in [6.07, 6.45) is 1.71. The highest BCUT2D eigenvalue weighted by Gasteiger charge is 2.38. The number of benzene rings is 3. The van der Waals surface area contributed by atoms with Gasteiger partial charge in [0.1, 0.15) is 0 Å². The molecule has 7 nitrogen and oxygen atoms in total. The summed E-state index contributed by atoms with van der Waals surface area (Å²) in [6, 6.07) is 19.0. The average Bonchev–Trinajstić information content (AvgIpc) is 3.32. The molecule has 1 aromatic heterocycles. The number of carbonyl (C=O) groups is 2. The van der Waals surface area contributed by atoms with Gasteiger partial charge in [-0.05, 0) is 81.6 Å². The molecule has 0 N–H and O–H groups in total. The summed E-state index contributed by atoms with van der Waals surface area (Å²) in [5.74, 6) is -0.791. The zero-order chi connectivity index (χ0) is 31.8. The molecule has 232 valence electrons. The van der Waals surface area contributed by atoms with Gasteiger partial charge in [0.15, 0.2) is 6.10 Å². The van der Waals surface area contributed by atoms with Gasteiger partial charge in [0.05, 0.1) is 42.1 Å². The van der Waals surface area contributed by atoms with Crippen LogP contribution in [0.4, 0.5) is 5.69 Å². The molecule has 9 heteroatoms. The van der Waals surface area contributed by atoms with Gasteiger partial charge in [0.2, 0.25) is 0 Å². The van der Waals surface area contributed by atoms with E-state index in [9.17, 15) is 9.59 Å². The van der Waals surface area contributed by atoms with Crippen LogP contribution in [0.3, 0.4) is 0 Å². The molecule has 0 fully saturated rings. The molecule has 3 aromatic carbocycles. The Labute approximate surface area is 268 Å². The number of carbonyl (C=O) groups excluding carboxylic acids is 2. The third kappa shape index (κ3) is 6.21. The van der Waals surface area contributed by atoms with Crippen molar-refractivity contribution in [2.45, 2.75) is 65.3 Å². The Bertz CT molecular complexity index is 1680. The predicted molar refractivity (Wildman–Crippen MR) is 179 cm³/mol. The van der Waals surface area contributed by atoms with Crippen molar-refractivity contribution in [2.24, 2.45) is 0 Å². The highest BCUT2D eigenvalue weighted by atomic mass is 35.5. The standard InChI is InChI=1S/C35H39ClN2O5S/c1-21-19-27-29(23-13-15-25(36)16-14-23)28(32(34(40)41-6)43-35(3,4)5)22(2)30-31(27)37(21)20-26(38(30)44-7)17-18-42-33(39)24-11-9-8-10-12-24/h8-16,19,26,32H,17-18,20H2,1-7H3/t26-,32-/m0/s1. The summed E-state index contributed by atoms with van der Waals surface area (Å²) in [7, 11) is 1.39. The number of rotatable bonds is 9. The average molecular weight is 635 g/mol. The van der Waals surface area contributed by atoms with Crippen molar-refractivity contribution in [3.8, 4) is 11.1 Å². The van der Waals surface area contributed by atoms with Crippen molar-refractivity contribution >= 4 is 52.1 Å². The molecule has 0 saturated heterocycles. The van der Waals surface area contributed by atoms with E-state index >= 15 is 0 Å². The topological polar surface area (TPSA) is 70.0 Å². The van der Waals surface area contributed by atoms with Crippen LogP contribution in [-0.2, 0) is 25.5 Å². The van der Waals surface area contributed by atoms with Crippen molar-refractivity contribution in [1.82, 2.24) is 4.57 Å². The Kier molecular flexibility index (Phi) is 9.35. The number of methoxy groups -OCH3 is 1. The van der Waals surface area contributed by atoms with E-state index in [4.69, 9.17) is 25.8 Å². The first-order valence-electron chi connectivity index (χ1n) is 14.7. The highest BCUT2D eigenvalue weighted by Crippen LogP contribution is 2.50. The van der Waals surface area contributed by atoms with Gasteiger partial charge in [0, 0.05) is 40.9 Å². The molecule has 0 bridgehead atoms. The smallest absolute Gasteiger partial charge is 0.339 e. The van der Waals surface area contributed by atoms with Gasteiger partial charge in [-0.3, -0.25) is 0 Å². The fourth-order valence-corrected chi connectivity index (χ4v) is 7.07. The molecular formula is C35H39ClN2O5S. The normalized spacial score (nSPS) is 15.4. The summed E-state index contributed by atoms with van der Waals surface area (Å²) >= 11 is 7.93. The largest absolute Gasteiger partial charge is 0.467 e. The Morgan fingerprint density at radius 1 is 1.07 bits per heavy atom. The summed E-state index contributed by atoms with van der Waals surface area (Å²) in [5, 5.41) is 1.66. The van der Waals surface area contributed by atoms with Crippen molar-refractivity contribution in [2.75, 3.05) is 24.3 Å². The van der Waals surface area contributed by atoms with Crippen LogP contribution in [0.5, 0.6) is 0 Å². The Balaban J connectivity index is 1.66. The van der Waals surface area contributed by atoms with E-state index in [0.717, 1.165) is 51.1 Å². The second-order valence-corrected chi connectivity index (χ2v) is 13.2. The van der Waals surface area contributed by atoms with Gasteiger partial charge < -0.3 is 23.1 Å². The van der Waals surface area contributed by atoms with Gasteiger partial charge in [-0.15, -0.1) is 0 Å². The minimum Gasteiger partial charge on any atom is -0.467 e. The summed E-state index contributed by atoms with van der Waals surface area (Å²) in [4.78, 5) is 26.2. The zero-order valence-corrected chi connectivity index (χ0v) is 27.8. The first-order valence-corrected chi connectivity index (χ1v) is 16.2.